The van der Waals surface area contributed by atoms with Crippen LogP contribution >= 0.6 is 0 Å². The molecule has 1 saturated heterocycles. The zero-order valence-electron chi connectivity index (χ0n) is 22.2. The van der Waals surface area contributed by atoms with E-state index in [1.165, 1.54) is 6.92 Å². The number of hydrogen-bond donors (Lipinski definition) is 2. The minimum Gasteiger partial charge on any atom is -0.504 e. The maximum absolute atomic E-state index is 12.2. The zero-order chi connectivity index (χ0) is 27.0. The molecule has 10 heteroatoms. The molecule has 1 fully saturated rings. The lowest BCUT2D eigenvalue weighted by Gasteiger charge is -2.59. The SMILES string of the molecule is COc1c(C)cc2c(c1O)[C@H]1C3Cc4c(OC(C)=O)c(C)c5c(c4[C@H](CN)N3C(C#N)[C@@H](C2)N1C)OCO5. The Hall–Kier alpha value is -3.52. The molecule has 2 aromatic rings. The Balaban J connectivity index is 1.62. The summed E-state index contributed by atoms with van der Waals surface area (Å²) in [6, 6.07) is 3.20. The number of phenols is 1. The zero-order valence-corrected chi connectivity index (χ0v) is 22.2. The predicted octanol–water partition coefficient (Wildman–Crippen LogP) is 2.40. The highest BCUT2D eigenvalue weighted by atomic mass is 16.7. The number of hydrogen-bond acceptors (Lipinski definition) is 10. The molecular weight excluding hydrogens is 488 g/mol. The fraction of sp³-hybridized carbons (Fsp3) is 0.500. The second-order valence-corrected chi connectivity index (χ2v) is 10.6. The summed E-state index contributed by atoms with van der Waals surface area (Å²) < 4.78 is 23.1. The van der Waals surface area contributed by atoms with Crippen molar-refractivity contribution < 1.29 is 28.8 Å². The molecule has 4 aliphatic heterocycles. The van der Waals surface area contributed by atoms with E-state index in [0.29, 0.717) is 41.4 Å². The summed E-state index contributed by atoms with van der Waals surface area (Å²) in [4.78, 5) is 16.6. The molecule has 0 spiro atoms. The van der Waals surface area contributed by atoms with Crippen LogP contribution in [0.15, 0.2) is 6.07 Å². The minimum atomic E-state index is -0.461. The summed E-state index contributed by atoms with van der Waals surface area (Å²) in [5.74, 6) is 1.75. The van der Waals surface area contributed by atoms with Crippen molar-refractivity contribution in [1.29, 1.82) is 5.26 Å². The number of likely N-dealkylation sites (N-methyl/N-ethyl adjacent to an activating group) is 1. The van der Waals surface area contributed by atoms with Crippen molar-refractivity contribution in [3.63, 3.8) is 0 Å². The fourth-order valence-electron chi connectivity index (χ4n) is 7.34. The summed E-state index contributed by atoms with van der Waals surface area (Å²) in [6.45, 7) is 5.42. The molecule has 200 valence electrons. The first kappa shape index (κ1) is 24.8. The molecule has 4 heterocycles. The van der Waals surface area contributed by atoms with Crippen LogP contribution in [-0.4, -0.2) is 66.5 Å². The number of ether oxygens (including phenoxy) is 4. The van der Waals surface area contributed by atoms with Gasteiger partial charge in [-0.3, -0.25) is 14.6 Å². The van der Waals surface area contributed by atoms with Gasteiger partial charge in [-0.2, -0.15) is 5.26 Å². The summed E-state index contributed by atoms with van der Waals surface area (Å²) >= 11 is 0. The van der Waals surface area contributed by atoms with Crippen LogP contribution in [0.3, 0.4) is 0 Å². The predicted molar refractivity (Wildman–Crippen MR) is 137 cm³/mol. The number of phenolic OH excluding ortho intramolecular Hbond substituents is 1. The number of nitrogens with two attached hydrogens (primary N) is 1. The largest absolute Gasteiger partial charge is 0.504 e. The number of nitriles is 1. The van der Waals surface area contributed by atoms with E-state index in [9.17, 15) is 15.2 Å². The Labute approximate surface area is 221 Å². The molecular formula is C28H32N4O6. The van der Waals surface area contributed by atoms with Crippen molar-refractivity contribution in [2.75, 3.05) is 27.5 Å². The van der Waals surface area contributed by atoms with Gasteiger partial charge in [0.1, 0.15) is 11.8 Å². The molecule has 0 aliphatic carbocycles. The highest BCUT2D eigenvalue weighted by Crippen LogP contribution is 2.58. The van der Waals surface area contributed by atoms with E-state index in [0.717, 1.165) is 27.8 Å². The molecule has 4 aliphatic rings. The molecule has 0 aromatic heterocycles. The van der Waals surface area contributed by atoms with E-state index in [2.05, 4.69) is 21.9 Å². The molecule has 5 atom stereocenters. The standard InChI is InChI=1S/C28H32N4O6/c1-12-6-15-7-17-19(9-29)32-18(23(31(17)4)21(15)24(34)25(12)35-5)8-16-22(20(32)10-30)28-27(36-11-37-28)13(2)26(16)38-14(3)33/h6,17-20,23,34H,7-8,10-11,30H2,1-5H3/t17-,18?,19?,20+,23-/m1/s1. The lowest BCUT2D eigenvalue weighted by atomic mass is 9.71. The Morgan fingerprint density at radius 3 is 2.61 bits per heavy atom. The molecule has 10 nitrogen and oxygen atoms in total. The molecule has 0 amide bonds. The monoisotopic (exact) mass is 520 g/mol. The molecule has 2 unspecified atom stereocenters. The van der Waals surface area contributed by atoms with E-state index in [1.807, 2.05) is 20.9 Å². The molecule has 38 heavy (non-hydrogen) atoms. The van der Waals surface area contributed by atoms with Gasteiger partial charge in [-0.25, -0.2) is 0 Å². The number of carbonyl (C=O) groups is 1. The number of aryl methyl sites for hydroxylation is 1. The summed E-state index contributed by atoms with van der Waals surface area (Å²) in [5, 5.41) is 22.0. The van der Waals surface area contributed by atoms with Crippen molar-refractivity contribution in [3.05, 3.63) is 39.4 Å². The first-order valence-electron chi connectivity index (χ1n) is 12.8. The van der Waals surface area contributed by atoms with Crippen molar-refractivity contribution in [2.45, 2.75) is 63.8 Å². The Morgan fingerprint density at radius 2 is 1.95 bits per heavy atom. The van der Waals surface area contributed by atoms with Crippen LogP contribution in [0.4, 0.5) is 0 Å². The Morgan fingerprint density at radius 1 is 1.21 bits per heavy atom. The van der Waals surface area contributed by atoms with Gasteiger partial charge in [0.25, 0.3) is 0 Å². The minimum absolute atomic E-state index is 0.0585. The smallest absolute Gasteiger partial charge is 0.308 e. The lowest BCUT2D eigenvalue weighted by Crippen LogP contribution is -2.68. The van der Waals surface area contributed by atoms with Crippen molar-refractivity contribution in [3.8, 4) is 34.8 Å². The summed E-state index contributed by atoms with van der Waals surface area (Å²) in [6.07, 6.45) is 1.07. The highest BCUT2D eigenvalue weighted by Gasteiger charge is 2.56. The molecule has 6 rings (SSSR count). The molecule has 2 aromatic carbocycles. The van der Waals surface area contributed by atoms with E-state index >= 15 is 0 Å². The van der Waals surface area contributed by atoms with Crippen LogP contribution in [0.5, 0.6) is 28.7 Å². The average Bonchev–Trinajstić information content (AvgIpc) is 3.36. The first-order valence-corrected chi connectivity index (χ1v) is 12.8. The Kier molecular flexibility index (Phi) is 5.72. The van der Waals surface area contributed by atoms with Gasteiger partial charge in [0.05, 0.1) is 25.3 Å². The number of piperazine rings is 1. The van der Waals surface area contributed by atoms with Gasteiger partial charge in [0.2, 0.25) is 6.79 Å². The second-order valence-electron chi connectivity index (χ2n) is 10.6. The van der Waals surface area contributed by atoms with Gasteiger partial charge in [0, 0.05) is 47.8 Å². The van der Waals surface area contributed by atoms with Crippen molar-refractivity contribution in [1.82, 2.24) is 9.80 Å². The third-order valence-electron chi connectivity index (χ3n) is 8.73. The van der Waals surface area contributed by atoms with Crippen molar-refractivity contribution in [2.24, 2.45) is 5.73 Å². The third kappa shape index (κ3) is 3.19. The molecule has 0 saturated carbocycles. The van der Waals surface area contributed by atoms with Crippen LogP contribution in [0, 0.1) is 25.2 Å². The van der Waals surface area contributed by atoms with Gasteiger partial charge in [0.15, 0.2) is 23.0 Å². The van der Waals surface area contributed by atoms with Crippen LogP contribution in [0.2, 0.25) is 0 Å². The van der Waals surface area contributed by atoms with Crippen LogP contribution in [0.25, 0.3) is 0 Å². The topological polar surface area (TPSA) is 131 Å². The molecule has 3 N–H and O–H groups in total. The van der Waals surface area contributed by atoms with E-state index < -0.39 is 12.0 Å². The van der Waals surface area contributed by atoms with Crippen LogP contribution < -0.4 is 24.7 Å². The number of benzene rings is 2. The highest BCUT2D eigenvalue weighted by molar-refractivity contribution is 5.74. The van der Waals surface area contributed by atoms with Crippen LogP contribution in [-0.2, 0) is 17.6 Å². The maximum Gasteiger partial charge on any atom is 0.308 e. The van der Waals surface area contributed by atoms with E-state index in [-0.39, 0.29) is 43.3 Å². The quantitative estimate of drug-likeness (QED) is 0.459. The number of nitrogens with zero attached hydrogens (tertiary/aromatic N) is 3. The van der Waals surface area contributed by atoms with Gasteiger partial charge >= 0.3 is 5.97 Å². The van der Waals surface area contributed by atoms with Gasteiger partial charge in [-0.15, -0.1) is 0 Å². The average molecular weight is 521 g/mol. The summed E-state index contributed by atoms with van der Waals surface area (Å²) in [5.41, 5.74) is 11.5. The van der Waals surface area contributed by atoms with Gasteiger partial charge < -0.3 is 29.8 Å². The van der Waals surface area contributed by atoms with Gasteiger partial charge in [-0.1, -0.05) is 6.07 Å². The number of rotatable bonds is 3. The van der Waals surface area contributed by atoms with E-state index in [4.69, 9.17) is 24.7 Å². The number of methoxy groups -OCH3 is 1. The van der Waals surface area contributed by atoms with Gasteiger partial charge in [-0.05, 0) is 44.9 Å². The van der Waals surface area contributed by atoms with Crippen LogP contribution in [0.1, 0.15) is 52.4 Å². The number of aromatic hydroxyl groups is 1. The number of esters is 1. The second kappa shape index (κ2) is 8.76. The normalized spacial score (nSPS) is 27.1. The lowest BCUT2D eigenvalue weighted by molar-refractivity contribution is -0.132. The third-order valence-corrected chi connectivity index (χ3v) is 8.73. The van der Waals surface area contributed by atoms with E-state index in [1.54, 1.807) is 7.11 Å². The fourth-order valence-corrected chi connectivity index (χ4v) is 7.34. The maximum atomic E-state index is 12.2. The van der Waals surface area contributed by atoms with Crippen molar-refractivity contribution >= 4 is 5.97 Å². The molecule has 2 bridgehead atoms. The number of fused-ring (bicyclic) bond motifs is 9. The molecule has 0 radical (unpaired) electrons. The summed E-state index contributed by atoms with van der Waals surface area (Å²) in [7, 11) is 3.57. The first-order chi connectivity index (χ1) is 18.2. The Bertz CT molecular complexity index is 1400. The number of carbonyl (C=O) groups excluding carboxylic acids is 1.